The van der Waals surface area contributed by atoms with E-state index < -0.39 is 11.9 Å². The Morgan fingerprint density at radius 3 is 2.73 bits per heavy atom. The van der Waals surface area contributed by atoms with Gasteiger partial charge in [0.2, 0.25) is 5.91 Å². The number of fused-ring (bicyclic) bond motifs is 1. The van der Waals surface area contributed by atoms with Crippen molar-refractivity contribution in [1.29, 1.82) is 0 Å². The summed E-state index contributed by atoms with van der Waals surface area (Å²) in [6.45, 7) is 0.683. The molecular formula is C18H14ClFN4O2. The predicted molar refractivity (Wildman–Crippen MR) is 93.4 cm³/mol. The lowest BCUT2D eigenvalue weighted by molar-refractivity contribution is -0.128. The van der Waals surface area contributed by atoms with Crippen LogP contribution in [0.15, 0.2) is 48.8 Å². The first kappa shape index (κ1) is 16.5. The second-order valence-electron chi connectivity index (χ2n) is 5.98. The summed E-state index contributed by atoms with van der Waals surface area (Å²) in [7, 11) is 0. The Bertz CT molecular complexity index is 1000. The second-order valence-corrected chi connectivity index (χ2v) is 6.42. The van der Waals surface area contributed by atoms with Crippen LogP contribution in [0.3, 0.4) is 0 Å². The van der Waals surface area contributed by atoms with Gasteiger partial charge in [-0.2, -0.15) is 0 Å². The van der Waals surface area contributed by atoms with Crippen LogP contribution in [0.4, 0.5) is 4.39 Å². The van der Waals surface area contributed by atoms with E-state index in [2.05, 4.69) is 10.3 Å². The van der Waals surface area contributed by atoms with Crippen molar-refractivity contribution in [2.24, 2.45) is 0 Å². The molecule has 1 aromatic carbocycles. The normalized spacial score (nSPS) is 17.4. The van der Waals surface area contributed by atoms with Crippen molar-refractivity contribution in [3.63, 3.8) is 0 Å². The van der Waals surface area contributed by atoms with E-state index in [9.17, 15) is 14.0 Å². The Hall–Kier alpha value is -2.93. The summed E-state index contributed by atoms with van der Waals surface area (Å²) in [6.07, 6.45) is 3.23. The first-order chi connectivity index (χ1) is 12.5. The highest BCUT2D eigenvalue weighted by Crippen LogP contribution is 2.25. The molecule has 0 radical (unpaired) electrons. The van der Waals surface area contributed by atoms with Crippen LogP contribution in [0, 0.1) is 5.82 Å². The number of imidazole rings is 1. The highest BCUT2D eigenvalue weighted by molar-refractivity contribution is 6.30. The monoisotopic (exact) mass is 372 g/mol. The number of aromatic nitrogens is 2. The van der Waals surface area contributed by atoms with Crippen molar-refractivity contribution in [2.45, 2.75) is 6.04 Å². The SMILES string of the molecule is O=C1NCCN(C(=O)c2cn3cc(Cl)ccc3n2)C1c1ccc(F)cc1. The minimum absolute atomic E-state index is 0.217. The molecule has 8 heteroatoms. The first-order valence-electron chi connectivity index (χ1n) is 8.01. The van der Waals surface area contributed by atoms with E-state index in [1.807, 2.05) is 0 Å². The van der Waals surface area contributed by atoms with Gasteiger partial charge in [0.05, 0.1) is 5.02 Å². The van der Waals surface area contributed by atoms with E-state index in [1.165, 1.54) is 29.2 Å². The summed E-state index contributed by atoms with van der Waals surface area (Å²) in [5.41, 5.74) is 1.34. The molecule has 0 bridgehead atoms. The van der Waals surface area contributed by atoms with Gasteiger partial charge in [-0.25, -0.2) is 9.37 Å². The van der Waals surface area contributed by atoms with Gasteiger partial charge < -0.3 is 14.6 Å². The molecule has 0 spiro atoms. The van der Waals surface area contributed by atoms with Crippen molar-refractivity contribution in [2.75, 3.05) is 13.1 Å². The minimum atomic E-state index is -0.828. The third-order valence-electron chi connectivity index (χ3n) is 4.29. The van der Waals surface area contributed by atoms with E-state index in [0.717, 1.165) is 0 Å². The van der Waals surface area contributed by atoms with Crippen LogP contribution in [0.2, 0.25) is 5.02 Å². The number of carbonyl (C=O) groups is 2. The fraction of sp³-hybridized carbons (Fsp3) is 0.167. The first-order valence-corrected chi connectivity index (χ1v) is 8.39. The molecule has 0 saturated carbocycles. The summed E-state index contributed by atoms with van der Waals surface area (Å²) >= 11 is 5.96. The molecule has 1 aliphatic heterocycles. The highest BCUT2D eigenvalue weighted by atomic mass is 35.5. The van der Waals surface area contributed by atoms with Crippen LogP contribution in [0.5, 0.6) is 0 Å². The van der Waals surface area contributed by atoms with Gasteiger partial charge in [0.1, 0.15) is 23.2 Å². The molecule has 6 nitrogen and oxygen atoms in total. The van der Waals surface area contributed by atoms with Crippen molar-refractivity contribution in [3.05, 3.63) is 70.9 Å². The number of halogens is 2. The molecule has 3 heterocycles. The molecule has 0 aliphatic carbocycles. The van der Waals surface area contributed by atoms with E-state index in [-0.39, 0.29) is 17.5 Å². The zero-order chi connectivity index (χ0) is 18.3. The number of pyridine rings is 1. The molecule has 2 amide bonds. The number of nitrogens with zero attached hydrogens (tertiary/aromatic N) is 3. The van der Waals surface area contributed by atoms with Gasteiger partial charge in [-0.05, 0) is 29.8 Å². The fourth-order valence-corrected chi connectivity index (χ4v) is 3.25. The molecule has 1 atom stereocenters. The van der Waals surface area contributed by atoms with E-state index >= 15 is 0 Å². The molecular weight excluding hydrogens is 359 g/mol. The number of hydrogen-bond donors (Lipinski definition) is 1. The Morgan fingerprint density at radius 2 is 1.96 bits per heavy atom. The van der Waals surface area contributed by atoms with Gasteiger partial charge in [-0.1, -0.05) is 23.7 Å². The molecule has 1 N–H and O–H groups in total. The summed E-state index contributed by atoms with van der Waals surface area (Å²) in [6, 6.07) is 8.13. The van der Waals surface area contributed by atoms with Crippen LogP contribution in [-0.2, 0) is 4.79 Å². The van der Waals surface area contributed by atoms with Crippen LogP contribution in [0.1, 0.15) is 22.1 Å². The molecule has 1 fully saturated rings. The Balaban J connectivity index is 1.71. The summed E-state index contributed by atoms with van der Waals surface area (Å²) in [5.74, 6) is -1.07. The van der Waals surface area contributed by atoms with E-state index in [1.54, 1.807) is 28.9 Å². The smallest absolute Gasteiger partial charge is 0.275 e. The number of piperazine rings is 1. The maximum Gasteiger partial charge on any atom is 0.275 e. The summed E-state index contributed by atoms with van der Waals surface area (Å²) in [5, 5.41) is 3.27. The van der Waals surface area contributed by atoms with Crippen LogP contribution < -0.4 is 5.32 Å². The third kappa shape index (κ3) is 2.90. The quantitative estimate of drug-likeness (QED) is 0.751. The number of rotatable bonds is 2. The van der Waals surface area contributed by atoms with E-state index in [4.69, 9.17) is 11.6 Å². The van der Waals surface area contributed by atoms with Crippen molar-refractivity contribution < 1.29 is 14.0 Å². The topological polar surface area (TPSA) is 66.7 Å². The van der Waals surface area contributed by atoms with Crippen LogP contribution in [0.25, 0.3) is 5.65 Å². The lowest BCUT2D eigenvalue weighted by Crippen LogP contribution is -2.52. The Morgan fingerprint density at radius 1 is 1.19 bits per heavy atom. The number of benzene rings is 1. The molecule has 3 aromatic rings. The zero-order valence-electron chi connectivity index (χ0n) is 13.5. The van der Waals surface area contributed by atoms with Gasteiger partial charge in [0.25, 0.3) is 5.91 Å². The molecule has 1 aliphatic rings. The maximum absolute atomic E-state index is 13.2. The van der Waals surface area contributed by atoms with Gasteiger partial charge in [-0.3, -0.25) is 9.59 Å². The second kappa shape index (κ2) is 6.42. The number of hydrogen-bond acceptors (Lipinski definition) is 3. The maximum atomic E-state index is 13.2. The van der Waals surface area contributed by atoms with Crippen molar-refractivity contribution in [3.8, 4) is 0 Å². The van der Waals surface area contributed by atoms with Crippen molar-refractivity contribution >= 4 is 29.1 Å². The van der Waals surface area contributed by atoms with E-state index in [0.29, 0.717) is 29.3 Å². The van der Waals surface area contributed by atoms with Crippen molar-refractivity contribution in [1.82, 2.24) is 19.6 Å². The average Bonchev–Trinajstić information content (AvgIpc) is 3.05. The Kier molecular flexibility index (Phi) is 4.08. The number of nitrogens with one attached hydrogen (secondary N) is 1. The Labute approximate surface area is 153 Å². The molecule has 1 saturated heterocycles. The highest BCUT2D eigenvalue weighted by Gasteiger charge is 2.35. The largest absolute Gasteiger partial charge is 0.352 e. The minimum Gasteiger partial charge on any atom is -0.352 e. The summed E-state index contributed by atoms with van der Waals surface area (Å²) < 4.78 is 14.9. The van der Waals surface area contributed by atoms with Gasteiger partial charge in [0, 0.05) is 25.5 Å². The summed E-state index contributed by atoms with van der Waals surface area (Å²) in [4.78, 5) is 31.2. The number of carbonyl (C=O) groups excluding carboxylic acids is 2. The standard InChI is InChI=1S/C18H14ClFN4O2/c19-12-3-6-15-22-14(10-23(15)9-12)18(26)24-8-7-21-17(25)16(24)11-1-4-13(20)5-2-11/h1-6,9-10,16H,7-8H2,(H,21,25). The van der Waals surface area contributed by atoms with Gasteiger partial charge in [-0.15, -0.1) is 0 Å². The lowest BCUT2D eigenvalue weighted by atomic mass is 10.0. The average molecular weight is 373 g/mol. The molecule has 26 heavy (non-hydrogen) atoms. The van der Waals surface area contributed by atoms with Crippen LogP contribution >= 0.6 is 11.6 Å². The van der Waals surface area contributed by atoms with Gasteiger partial charge >= 0.3 is 0 Å². The lowest BCUT2D eigenvalue weighted by Gasteiger charge is -2.34. The molecule has 132 valence electrons. The third-order valence-corrected chi connectivity index (χ3v) is 4.52. The molecule has 4 rings (SSSR count). The molecule has 2 aromatic heterocycles. The predicted octanol–water partition coefficient (Wildman–Crippen LogP) is 2.44. The fourth-order valence-electron chi connectivity index (χ4n) is 3.08. The zero-order valence-corrected chi connectivity index (χ0v) is 14.3. The molecule has 1 unspecified atom stereocenters. The van der Waals surface area contributed by atoms with Crippen LogP contribution in [-0.4, -0.2) is 39.2 Å². The van der Waals surface area contributed by atoms with Gasteiger partial charge in [0.15, 0.2) is 0 Å². The number of amides is 2.